The van der Waals surface area contributed by atoms with Crippen LogP contribution >= 0.6 is 0 Å². The van der Waals surface area contributed by atoms with E-state index >= 15 is 0 Å². The molecule has 1 aliphatic heterocycles. The molecule has 2 aromatic rings. The fourth-order valence-electron chi connectivity index (χ4n) is 2.27. The molecule has 0 aliphatic carbocycles. The van der Waals surface area contributed by atoms with Crippen molar-refractivity contribution in [3.63, 3.8) is 0 Å². The van der Waals surface area contributed by atoms with E-state index in [0.717, 1.165) is 0 Å². The molecule has 2 heterocycles. The Bertz CT molecular complexity index is 739. The number of ether oxygens (including phenoxy) is 2. The van der Waals surface area contributed by atoms with Crippen molar-refractivity contribution in [1.82, 2.24) is 0 Å². The Kier molecular flexibility index (Phi) is 3.75. The van der Waals surface area contributed by atoms with Crippen LogP contribution in [0.25, 0.3) is 11.0 Å². The summed E-state index contributed by atoms with van der Waals surface area (Å²) in [5.74, 6) is -0.337. The molecule has 1 aliphatic rings. The highest BCUT2D eigenvalue weighted by atomic mass is 16.7. The van der Waals surface area contributed by atoms with Gasteiger partial charge in [-0.15, -0.1) is 0 Å². The van der Waals surface area contributed by atoms with Gasteiger partial charge in [0.05, 0.1) is 6.61 Å². The van der Waals surface area contributed by atoms with Gasteiger partial charge in [-0.1, -0.05) is 0 Å². The van der Waals surface area contributed by atoms with E-state index in [4.69, 9.17) is 19.0 Å². The molecule has 3 rings (SSSR count). The van der Waals surface area contributed by atoms with Crippen molar-refractivity contribution in [1.29, 1.82) is 0 Å². The second-order valence-corrected chi connectivity index (χ2v) is 4.94. The zero-order valence-electron chi connectivity index (χ0n) is 11.2. The van der Waals surface area contributed by atoms with E-state index in [1.165, 1.54) is 24.3 Å². The Morgan fingerprint density at radius 3 is 2.64 bits per heavy atom. The smallest absolute Gasteiger partial charge is 0.336 e. The van der Waals surface area contributed by atoms with E-state index in [-0.39, 0.29) is 17.1 Å². The normalized spacial score (nSPS) is 28.1. The van der Waals surface area contributed by atoms with E-state index < -0.39 is 36.8 Å². The molecule has 0 bridgehead atoms. The molecule has 1 fully saturated rings. The molecular formula is C14H14O8. The van der Waals surface area contributed by atoms with Gasteiger partial charge in [0.2, 0.25) is 6.29 Å². The topological polar surface area (TPSA) is 130 Å². The van der Waals surface area contributed by atoms with E-state index in [2.05, 4.69) is 0 Å². The fourth-order valence-corrected chi connectivity index (χ4v) is 2.27. The van der Waals surface area contributed by atoms with Crippen molar-refractivity contribution in [2.75, 3.05) is 6.61 Å². The standard InChI is InChI=1S/C14H14O8/c15-5-10-12(18)13(19)14(22-10)21-9-3-6-1-2-11(17)20-8(6)4-7(9)16/h1-4,10,12-16,18-19H,5H2/t10-,12+,13+,14-/m1/s1. The summed E-state index contributed by atoms with van der Waals surface area (Å²) in [5.41, 5.74) is -0.373. The molecule has 0 spiro atoms. The first kappa shape index (κ1) is 14.8. The highest BCUT2D eigenvalue weighted by molar-refractivity contribution is 5.80. The maximum absolute atomic E-state index is 11.1. The van der Waals surface area contributed by atoms with E-state index in [1.807, 2.05) is 0 Å². The lowest BCUT2D eigenvalue weighted by molar-refractivity contribution is -0.117. The summed E-state index contributed by atoms with van der Waals surface area (Å²) in [4.78, 5) is 11.1. The molecule has 0 radical (unpaired) electrons. The van der Waals surface area contributed by atoms with Gasteiger partial charge in [0.15, 0.2) is 11.5 Å². The van der Waals surface area contributed by atoms with Gasteiger partial charge >= 0.3 is 5.63 Å². The number of fused-ring (bicyclic) bond motifs is 1. The van der Waals surface area contributed by atoms with Crippen molar-refractivity contribution in [2.24, 2.45) is 0 Å². The van der Waals surface area contributed by atoms with Crippen LogP contribution in [-0.4, -0.2) is 51.6 Å². The molecule has 8 heteroatoms. The van der Waals surface area contributed by atoms with Gasteiger partial charge in [-0.3, -0.25) is 0 Å². The lowest BCUT2D eigenvalue weighted by atomic mass is 10.1. The average Bonchev–Trinajstić information content (AvgIpc) is 2.76. The zero-order valence-corrected chi connectivity index (χ0v) is 11.2. The number of hydrogen-bond acceptors (Lipinski definition) is 8. The van der Waals surface area contributed by atoms with Crippen LogP contribution in [0.3, 0.4) is 0 Å². The third-order valence-corrected chi connectivity index (χ3v) is 3.44. The van der Waals surface area contributed by atoms with Gasteiger partial charge < -0.3 is 34.3 Å². The Morgan fingerprint density at radius 2 is 1.95 bits per heavy atom. The van der Waals surface area contributed by atoms with Crippen molar-refractivity contribution in [3.05, 3.63) is 34.7 Å². The molecule has 1 aromatic heterocycles. The fraction of sp³-hybridized carbons (Fsp3) is 0.357. The third-order valence-electron chi connectivity index (χ3n) is 3.44. The zero-order chi connectivity index (χ0) is 15.9. The molecule has 0 amide bonds. The van der Waals surface area contributed by atoms with Crippen LogP contribution in [0.1, 0.15) is 0 Å². The largest absolute Gasteiger partial charge is 0.504 e. The molecule has 4 atom stereocenters. The molecule has 8 nitrogen and oxygen atoms in total. The number of aromatic hydroxyl groups is 1. The summed E-state index contributed by atoms with van der Waals surface area (Å²) in [6, 6.07) is 5.32. The summed E-state index contributed by atoms with van der Waals surface area (Å²) >= 11 is 0. The number of hydrogen-bond donors (Lipinski definition) is 4. The van der Waals surface area contributed by atoms with Crippen molar-refractivity contribution in [3.8, 4) is 11.5 Å². The molecular weight excluding hydrogens is 296 g/mol. The maximum atomic E-state index is 11.1. The van der Waals surface area contributed by atoms with Crippen LogP contribution in [0.4, 0.5) is 0 Å². The molecule has 0 unspecified atom stereocenters. The first-order chi connectivity index (χ1) is 10.5. The first-order valence-electron chi connectivity index (χ1n) is 6.55. The SMILES string of the molecule is O=c1ccc2cc(O[C@@H]3O[C@H](CO)[C@H](O)[C@@H]3O)c(O)cc2o1. The minimum atomic E-state index is -1.37. The lowest BCUT2D eigenvalue weighted by Crippen LogP contribution is -2.35. The first-order valence-corrected chi connectivity index (χ1v) is 6.55. The number of aliphatic hydroxyl groups excluding tert-OH is 3. The number of phenols is 1. The quantitative estimate of drug-likeness (QED) is 0.549. The van der Waals surface area contributed by atoms with Crippen LogP contribution in [0.15, 0.2) is 33.5 Å². The minimum Gasteiger partial charge on any atom is -0.504 e. The van der Waals surface area contributed by atoms with E-state index in [9.17, 15) is 20.1 Å². The summed E-state index contributed by atoms with van der Waals surface area (Å²) in [7, 11) is 0. The molecule has 22 heavy (non-hydrogen) atoms. The van der Waals surface area contributed by atoms with Crippen molar-refractivity contribution in [2.45, 2.75) is 24.6 Å². The summed E-state index contributed by atoms with van der Waals surface area (Å²) in [6.07, 6.45) is -4.89. The van der Waals surface area contributed by atoms with Gasteiger partial charge in [-0.25, -0.2) is 4.79 Å². The average molecular weight is 310 g/mol. The monoisotopic (exact) mass is 310 g/mol. The number of benzene rings is 1. The van der Waals surface area contributed by atoms with Gasteiger partial charge in [-0.05, 0) is 12.1 Å². The van der Waals surface area contributed by atoms with Crippen molar-refractivity contribution < 1.29 is 34.3 Å². The third kappa shape index (κ3) is 2.53. The molecule has 1 saturated heterocycles. The van der Waals surface area contributed by atoms with Crippen LogP contribution in [-0.2, 0) is 4.74 Å². The Balaban J connectivity index is 1.89. The Hall–Kier alpha value is -2.13. The minimum absolute atomic E-state index is 0.0174. The summed E-state index contributed by atoms with van der Waals surface area (Å²) in [5, 5.41) is 38.9. The van der Waals surface area contributed by atoms with Crippen LogP contribution in [0, 0.1) is 0 Å². The molecule has 118 valence electrons. The highest BCUT2D eigenvalue weighted by Gasteiger charge is 2.44. The Labute approximate surface area is 123 Å². The lowest BCUT2D eigenvalue weighted by Gasteiger charge is -2.17. The predicted molar refractivity (Wildman–Crippen MR) is 72.5 cm³/mol. The van der Waals surface area contributed by atoms with Gasteiger partial charge in [-0.2, -0.15) is 0 Å². The van der Waals surface area contributed by atoms with E-state index in [1.54, 1.807) is 0 Å². The summed E-state index contributed by atoms with van der Waals surface area (Å²) < 4.78 is 15.4. The van der Waals surface area contributed by atoms with Gasteiger partial charge in [0.25, 0.3) is 0 Å². The Morgan fingerprint density at radius 1 is 1.18 bits per heavy atom. The van der Waals surface area contributed by atoms with Crippen LogP contribution < -0.4 is 10.4 Å². The highest BCUT2D eigenvalue weighted by Crippen LogP contribution is 2.34. The second-order valence-electron chi connectivity index (χ2n) is 4.94. The predicted octanol–water partition coefficient (Wildman–Crippen LogP) is -0.684. The van der Waals surface area contributed by atoms with Gasteiger partial charge in [0.1, 0.15) is 23.9 Å². The van der Waals surface area contributed by atoms with E-state index in [0.29, 0.717) is 5.39 Å². The van der Waals surface area contributed by atoms with Crippen LogP contribution in [0.5, 0.6) is 11.5 Å². The molecule has 4 N–H and O–H groups in total. The summed E-state index contributed by atoms with van der Waals surface area (Å²) in [6.45, 7) is -0.479. The number of aliphatic hydroxyl groups is 3. The number of phenolic OH excluding ortho intramolecular Hbond substituents is 1. The van der Waals surface area contributed by atoms with Crippen molar-refractivity contribution >= 4 is 11.0 Å². The maximum Gasteiger partial charge on any atom is 0.336 e. The molecule has 1 aromatic carbocycles. The molecule has 0 saturated carbocycles. The number of rotatable bonds is 3. The van der Waals surface area contributed by atoms with Crippen LogP contribution in [0.2, 0.25) is 0 Å². The van der Waals surface area contributed by atoms with Gasteiger partial charge in [0, 0.05) is 17.5 Å². The second kappa shape index (κ2) is 5.58.